The van der Waals surface area contributed by atoms with E-state index in [1.807, 2.05) is 0 Å². The molecule has 3 saturated carbocycles. The van der Waals surface area contributed by atoms with Gasteiger partial charge < -0.3 is 15.7 Å². The van der Waals surface area contributed by atoms with Gasteiger partial charge in [-0.3, -0.25) is 9.79 Å². The number of amidine groups is 1. The molecule has 0 unspecified atom stereocenters. The Morgan fingerprint density at radius 1 is 1.15 bits per heavy atom. The third-order valence-electron chi connectivity index (χ3n) is 8.12. The van der Waals surface area contributed by atoms with E-state index in [9.17, 15) is 31.5 Å². The minimum Gasteiger partial charge on any atom is -0.507 e. The summed E-state index contributed by atoms with van der Waals surface area (Å²) < 4.78 is 66.9. The van der Waals surface area contributed by atoms with Crippen LogP contribution in [0.15, 0.2) is 52.4 Å². The van der Waals surface area contributed by atoms with Gasteiger partial charge in [0.15, 0.2) is 6.04 Å². The lowest BCUT2D eigenvalue weighted by atomic mass is 9.38. The van der Waals surface area contributed by atoms with Gasteiger partial charge in [-0.05, 0) is 62.9 Å². The van der Waals surface area contributed by atoms with Crippen molar-refractivity contribution >= 4 is 45.0 Å². The van der Waals surface area contributed by atoms with E-state index in [4.69, 9.17) is 23.2 Å². The quantitative estimate of drug-likeness (QED) is 0.359. The number of carbonyl (C=O) groups excluding carboxylic acids is 1. The lowest BCUT2D eigenvalue weighted by molar-refractivity contribution is -0.151. The van der Waals surface area contributed by atoms with Crippen LogP contribution >= 0.6 is 23.2 Å². The summed E-state index contributed by atoms with van der Waals surface area (Å²) in [5.74, 6) is -0.419. The van der Waals surface area contributed by atoms with Gasteiger partial charge in [-0.2, -0.15) is 17.5 Å². The monoisotopic (exact) mass is 632 g/mol. The summed E-state index contributed by atoms with van der Waals surface area (Å²) >= 11 is 12.3. The van der Waals surface area contributed by atoms with Crippen molar-refractivity contribution in [2.75, 3.05) is 6.54 Å². The molecule has 1 aliphatic heterocycles. The number of hydrogen-bond acceptors (Lipinski definition) is 6. The molecule has 1 atom stereocenters. The molecule has 0 saturated heterocycles. The zero-order valence-corrected chi connectivity index (χ0v) is 24.6. The van der Waals surface area contributed by atoms with E-state index in [-0.39, 0.29) is 22.2 Å². The highest BCUT2D eigenvalue weighted by Gasteiger charge is 2.75. The van der Waals surface area contributed by atoms with Gasteiger partial charge in [0.25, 0.3) is 0 Å². The highest BCUT2D eigenvalue weighted by Crippen LogP contribution is 2.71. The van der Waals surface area contributed by atoms with Crippen molar-refractivity contribution < 1.29 is 31.5 Å². The number of phenols is 1. The third kappa shape index (κ3) is 5.39. The number of sulfonamides is 1. The number of benzene rings is 2. The van der Waals surface area contributed by atoms with E-state index in [0.29, 0.717) is 35.7 Å². The molecule has 2 aromatic rings. The van der Waals surface area contributed by atoms with Crippen molar-refractivity contribution in [3.63, 3.8) is 0 Å². The summed E-state index contributed by atoms with van der Waals surface area (Å²) in [6.45, 7) is 2.94. The third-order valence-corrected chi connectivity index (χ3v) is 10.9. The molecule has 14 heteroatoms. The zero-order chi connectivity index (χ0) is 30.0. The van der Waals surface area contributed by atoms with E-state index >= 15 is 0 Å². The second-order valence-electron chi connectivity index (χ2n) is 11.6. The largest absolute Gasteiger partial charge is 0.507 e. The van der Waals surface area contributed by atoms with Gasteiger partial charge in [-0.25, -0.2) is 8.42 Å². The number of hydrogen-bond donors (Lipinski definition) is 3. The number of rotatable bonds is 9. The Kier molecular flexibility index (Phi) is 7.32. The Balaban J connectivity index is 1.38. The SMILES string of the molecule is CC1(C)NC(C23CC(N(Cc4ccc(Cl)c(Cl)c4)S(=O)(=O)c4ccccc4O)(C2)C3)=N[C@H]1C(=O)NCCC(F)(F)F. The van der Waals surface area contributed by atoms with Crippen LogP contribution < -0.4 is 10.6 Å². The van der Waals surface area contributed by atoms with Gasteiger partial charge in [-0.1, -0.05) is 41.4 Å². The van der Waals surface area contributed by atoms with E-state index in [0.717, 1.165) is 0 Å². The second-order valence-corrected chi connectivity index (χ2v) is 14.3. The number of para-hydroxylation sites is 1. The Morgan fingerprint density at radius 2 is 1.80 bits per heavy atom. The molecule has 1 amide bonds. The normalized spacial score (nSPS) is 26.5. The number of phenolic OH excluding ortho intramolecular Hbond substituents is 1. The number of aromatic hydroxyl groups is 1. The first kappa shape index (κ1) is 29.9. The number of alkyl halides is 3. The maximum Gasteiger partial charge on any atom is 0.390 e. The van der Waals surface area contributed by atoms with E-state index < -0.39 is 57.6 Å². The van der Waals surface area contributed by atoms with Crippen molar-refractivity contribution in [1.82, 2.24) is 14.9 Å². The highest BCUT2D eigenvalue weighted by molar-refractivity contribution is 7.89. The molecule has 0 aromatic heterocycles. The van der Waals surface area contributed by atoms with Gasteiger partial charge in [-0.15, -0.1) is 0 Å². The lowest BCUT2D eigenvalue weighted by Gasteiger charge is -2.73. The molecule has 222 valence electrons. The van der Waals surface area contributed by atoms with Gasteiger partial charge >= 0.3 is 6.18 Å². The van der Waals surface area contributed by atoms with Crippen LogP contribution in [-0.2, 0) is 21.4 Å². The molecule has 2 bridgehead atoms. The molecule has 1 heterocycles. The van der Waals surface area contributed by atoms with Crippen LogP contribution in [0.3, 0.4) is 0 Å². The van der Waals surface area contributed by atoms with Crippen LogP contribution in [-0.4, -0.2) is 59.4 Å². The van der Waals surface area contributed by atoms with Gasteiger partial charge in [0.05, 0.1) is 22.0 Å². The Hall–Kier alpha value is -2.54. The first-order chi connectivity index (χ1) is 19.0. The van der Waals surface area contributed by atoms with Crippen LogP contribution in [0.25, 0.3) is 0 Å². The van der Waals surface area contributed by atoms with Crippen molar-refractivity contribution in [3.8, 4) is 5.75 Å². The minimum absolute atomic E-state index is 0.0146. The molecular weight excluding hydrogens is 604 g/mol. The van der Waals surface area contributed by atoms with Crippen molar-refractivity contribution in [2.45, 2.75) is 74.3 Å². The fourth-order valence-electron chi connectivity index (χ4n) is 6.13. The summed E-state index contributed by atoms with van der Waals surface area (Å²) in [4.78, 5) is 17.1. The van der Waals surface area contributed by atoms with Crippen LogP contribution in [0.5, 0.6) is 5.75 Å². The minimum atomic E-state index is -4.38. The maximum atomic E-state index is 13.9. The molecule has 8 nitrogen and oxygen atoms in total. The van der Waals surface area contributed by atoms with Crippen LogP contribution in [0.4, 0.5) is 13.2 Å². The molecule has 3 aliphatic carbocycles. The van der Waals surface area contributed by atoms with Gasteiger partial charge in [0.1, 0.15) is 16.5 Å². The molecule has 0 spiro atoms. The second kappa shape index (κ2) is 10.0. The van der Waals surface area contributed by atoms with E-state index in [1.54, 1.807) is 32.0 Å². The summed E-state index contributed by atoms with van der Waals surface area (Å²) in [7, 11) is -4.16. The van der Waals surface area contributed by atoms with Crippen molar-refractivity contribution in [2.24, 2.45) is 10.4 Å². The molecular formula is C27H29Cl2F3N4O4S. The smallest absolute Gasteiger partial charge is 0.390 e. The Morgan fingerprint density at radius 3 is 2.41 bits per heavy atom. The summed E-state index contributed by atoms with van der Waals surface area (Å²) in [5, 5.41) is 16.6. The van der Waals surface area contributed by atoms with Crippen molar-refractivity contribution in [1.29, 1.82) is 0 Å². The van der Waals surface area contributed by atoms with Gasteiger partial charge in [0, 0.05) is 24.0 Å². The summed E-state index contributed by atoms with van der Waals surface area (Å²) in [5.41, 5.74) is -1.50. The first-order valence-electron chi connectivity index (χ1n) is 12.9. The number of halogens is 5. The molecule has 2 aromatic carbocycles. The van der Waals surface area contributed by atoms with Crippen LogP contribution in [0.2, 0.25) is 10.0 Å². The predicted molar refractivity (Wildman–Crippen MR) is 148 cm³/mol. The lowest BCUT2D eigenvalue weighted by Crippen LogP contribution is -2.78. The first-order valence-corrected chi connectivity index (χ1v) is 15.1. The molecule has 4 aliphatic rings. The molecule has 3 fully saturated rings. The number of nitrogens with zero attached hydrogens (tertiary/aromatic N) is 2. The Bertz CT molecular complexity index is 1510. The molecule has 3 N–H and O–H groups in total. The fourth-order valence-corrected chi connectivity index (χ4v) is 8.30. The van der Waals surface area contributed by atoms with E-state index in [1.165, 1.54) is 28.6 Å². The van der Waals surface area contributed by atoms with Crippen LogP contribution in [0, 0.1) is 5.41 Å². The Labute approximate surface area is 246 Å². The number of nitrogens with one attached hydrogen (secondary N) is 2. The van der Waals surface area contributed by atoms with Gasteiger partial charge in [0.2, 0.25) is 15.9 Å². The fraction of sp³-hybridized carbons (Fsp3) is 0.481. The average molecular weight is 634 g/mol. The standard InChI is InChI=1S/C27H29Cl2F3N4O4S/c1-24(2)21(22(38)33-10-9-27(30,31)32)34-23(35-24)25-13-26(14-25,15-25)36(12-16-7-8-17(28)18(29)11-16)41(39,40)20-6-4-3-5-19(20)37/h3-8,11,21,37H,9-10,12-15H2,1-2H3,(H,33,38)(H,34,35)/t21-,25?,26?/m0/s1. The molecule has 6 rings (SSSR count). The molecule has 41 heavy (non-hydrogen) atoms. The number of aliphatic imine (C=N–C) groups is 1. The topological polar surface area (TPSA) is 111 Å². The molecule has 0 radical (unpaired) electrons. The zero-order valence-electron chi connectivity index (χ0n) is 22.2. The maximum absolute atomic E-state index is 13.9. The average Bonchev–Trinajstić information content (AvgIpc) is 3.13. The highest BCUT2D eigenvalue weighted by atomic mass is 35.5. The van der Waals surface area contributed by atoms with Crippen LogP contribution in [0.1, 0.15) is 45.1 Å². The van der Waals surface area contributed by atoms with Crippen molar-refractivity contribution in [3.05, 3.63) is 58.1 Å². The summed E-state index contributed by atoms with van der Waals surface area (Å²) in [6, 6.07) is 9.68. The predicted octanol–water partition coefficient (Wildman–Crippen LogP) is 5.03. The summed E-state index contributed by atoms with van der Waals surface area (Å²) in [6.07, 6.45) is -4.27. The number of amides is 1. The van der Waals surface area contributed by atoms with E-state index in [2.05, 4.69) is 15.6 Å². The number of carbonyl (C=O) groups is 1.